The van der Waals surface area contributed by atoms with E-state index >= 15 is 0 Å². The normalized spacial score (nSPS) is 23.4. The summed E-state index contributed by atoms with van der Waals surface area (Å²) in [4.78, 5) is 17.0. The Hall–Kier alpha value is -3.20. The Balaban J connectivity index is 0.971. The van der Waals surface area contributed by atoms with Crippen molar-refractivity contribution in [3.05, 3.63) is 58.9 Å². The molecule has 0 amide bonds. The summed E-state index contributed by atoms with van der Waals surface area (Å²) >= 11 is 0. The number of alkyl halides is 3. The van der Waals surface area contributed by atoms with Crippen molar-refractivity contribution in [2.45, 2.75) is 56.5 Å². The number of piperazine rings is 1. The Morgan fingerprint density at radius 3 is 2.49 bits per heavy atom. The molecule has 1 saturated heterocycles. The van der Waals surface area contributed by atoms with Crippen molar-refractivity contribution in [2.24, 2.45) is 0 Å². The van der Waals surface area contributed by atoms with Crippen LogP contribution >= 0.6 is 0 Å². The van der Waals surface area contributed by atoms with Gasteiger partial charge in [0.25, 0.3) is 0 Å². The SMILES string of the molecule is N#Cc1ccc(NC2CCC(OCC(=O)CN3CCN(CC4Cc5cc(F)ccc5O4)CC3)CC2)cc1C(F)(F)F. The lowest BCUT2D eigenvalue weighted by molar-refractivity contribution is -0.137. The molecule has 3 aliphatic rings. The summed E-state index contributed by atoms with van der Waals surface area (Å²) in [6.07, 6.45) is -1.06. The van der Waals surface area contributed by atoms with Gasteiger partial charge in [-0.15, -0.1) is 0 Å². The van der Waals surface area contributed by atoms with Crippen molar-refractivity contribution in [3.63, 3.8) is 0 Å². The molecule has 220 valence electrons. The molecular formula is C30H34F4N4O3. The van der Waals surface area contributed by atoms with Crippen molar-refractivity contribution in [1.82, 2.24) is 9.80 Å². The van der Waals surface area contributed by atoms with Gasteiger partial charge in [-0.3, -0.25) is 14.6 Å². The van der Waals surface area contributed by atoms with Crippen molar-refractivity contribution in [3.8, 4) is 11.8 Å². The van der Waals surface area contributed by atoms with E-state index in [2.05, 4.69) is 15.1 Å². The number of nitriles is 1. The molecular weight excluding hydrogens is 540 g/mol. The van der Waals surface area contributed by atoms with E-state index in [0.29, 0.717) is 44.3 Å². The van der Waals surface area contributed by atoms with Crippen molar-refractivity contribution in [2.75, 3.05) is 51.2 Å². The standard InChI is InChI=1S/C30H34F4N4O3/c31-22-2-8-29-21(13-22)14-27(41-29)18-38-11-9-37(10-12-38)17-25(39)19-40-26-6-4-23(5-7-26)36-24-3-1-20(16-35)28(15-24)30(32,33)34/h1-3,8,13,15,23,26-27,36H,4-7,9-12,14,17-19H2. The third kappa shape index (κ3) is 7.76. The average molecular weight is 575 g/mol. The number of nitrogens with zero attached hydrogens (tertiary/aromatic N) is 3. The lowest BCUT2D eigenvalue weighted by Gasteiger charge is -2.35. The van der Waals surface area contributed by atoms with E-state index < -0.39 is 17.3 Å². The summed E-state index contributed by atoms with van der Waals surface area (Å²) in [7, 11) is 0. The van der Waals surface area contributed by atoms with E-state index in [1.807, 2.05) is 0 Å². The molecule has 0 aromatic heterocycles. The highest BCUT2D eigenvalue weighted by Crippen LogP contribution is 2.34. The number of benzene rings is 2. The molecule has 11 heteroatoms. The number of Topliss-reactive ketones (excluding diaryl/α,β-unsaturated/α-hetero) is 1. The van der Waals surface area contributed by atoms with Gasteiger partial charge in [0.1, 0.15) is 24.3 Å². The van der Waals surface area contributed by atoms with Gasteiger partial charge >= 0.3 is 6.18 Å². The zero-order valence-corrected chi connectivity index (χ0v) is 22.8. The fraction of sp³-hybridized carbons (Fsp3) is 0.533. The minimum absolute atomic E-state index is 0.000771. The molecule has 2 aromatic rings. The van der Waals surface area contributed by atoms with Crippen LogP contribution in [0.15, 0.2) is 36.4 Å². The van der Waals surface area contributed by atoms with Crippen LogP contribution in [0.25, 0.3) is 0 Å². The third-order valence-electron chi connectivity index (χ3n) is 8.06. The molecule has 2 heterocycles. The highest BCUT2D eigenvalue weighted by atomic mass is 19.4. The number of carbonyl (C=O) groups is 1. The number of rotatable bonds is 9. The Labute approximate surface area is 237 Å². The molecule has 2 aliphatic heterocycles. The number of hydrogen-bond acceptors (Lipinski definition) is 7. The summed E-state index contributed by atoms with van der Waals surface area (Å²) in [6, 6.07) is 9.92. The first-order valence-electron chi connectivity index (χ1n) is 14.1. The van der Waals surface area contributed by atoms with Gasteiger partial charge in [0.2, 0.25) is 0 Å². The molecule has 1 N–H and O–H groups in total. The molecule has 0 spiro atoms. The maximum atomic E-state index is 13.5. The fourth-order valence-corrected chi connectivity index (χ4v) is 5.89. The van der Waals surface area contributed by atoms with E-state index in [9.17, 15) is 22.4 Å². The van der Waals surface area contributed by atoms with Crippen LogP contribution < -0.4 is 10.1 Å². The first-order valence-corrected chi connectivity index (χ1v) is 14.1. The number of ether oxygens (including phenoxy) is 2. The Morgan fingerprint density at radius 1 is 1.05 bits per heavy atom. The van der Waals surface area contributed by atoms with Crippen molar-refractivity contribution in [1.29, 1.82) is 5.26 Å². The Kier molecular flexibility index (Phi) is 9.12. The molecule has 2 aromatic carbocycles. The lowest BCUT2D eigenvalue weighted by Crippen LogP contribution is -2.50. The third-order valence-corrected chi connectivity index (χ3v) is 8.06. The summed E-state index contributed by atoms with van der Waals surface area (Å²) in [6.45, 7) is 4.39. The van der Waals surface area contributed by atoms with Gasteiger partial charge < -0.3 is 14.8 Å². The average Bonchev–Trinajstić information content (AvgIpc) is 3.34. The topological polar surface area (TPSA) is 77.8 Å². The molecule has 2 fully saturated rings. The number of carbonyl (C=O) groups excluding carboxylic acids is 1. The van der Waals surface area contributed by atoms with E-state index in [0.717, 1.165) is 50.1 Å². The fourth-order valence-electron chi connectivity index (χ4n) is 5.89. The summed E-state index contributed by atoms with van der Waals surface area (Å²) in [5.41, 5.74) is -0.0777. The summed E-state index contributed by atoms with van der Waals surface area (Å²) in [5.74, 6) is 0.550. The highest BCUT2D eigenvalue weighted by Gasteiger charge is 2.34. The van der Waals surface area contributed by atoms with E-state index in [1.54, 1.807) is 12.1 Å². The largest absolute Gasteiger partial charge is 0.488 e. The minimum Gasteiger partial charge on any atom is -0.488 e. The van der Waals surface area contributed by atoms with Crippen molar-refractivity contribution < 1.29 is 31.8 Å². The zero-order valence-electron chi connectivity index (χ0n) is 22.8. The predicted molar refractivity (Wildman–Crippen MR) is 144 cm³/mol. The second-order valence-electron chi connectivity index (χ2n) is 11.1. The predicted octanol–water partition coefficient (Wildman–Crippen LogP) is 4.65. The highest BCUT2D eigenvalue weighted by molar-refractivity contribution is 5.81. The van der Waals surface area contributed by atoms with Crippen LogP contribution in [0.5, 0.6) is 5.75 Å². The van der Waals surface area contributed by atoms with Gasteiger partial charge in [-0.05, 0) is 62.1 Å². The van der Waals surface area contributed by atoms with Crippen LogP contribution in [0.2, 0.25) is 0 Å². The van der Waals surface area contributed by atoms with E-state index in [1.165, 1.54) is 24.3 Å². The van der Waals surface area contributed by atoms with E-state index in [4.69, 9.17) is 14.7 Å². The number of ketones is 1. The molecule has 1 atom stereocenters. The van der Waals surface area contributed by atoms with Gasteiger partial charge in [-0.2, -0.15) is 18.4 Å². The Morgan fingerprint density at radius 2 is 1.78 bits per heavy atom. The maximum absolute atomic E-state index is 13.5. The van der Waals surface area contributed by atoms with Crippen LogP contribution in [-0.4, -0.2) is 79.7 Å². The van der Waals surface area contributed by atoms with Gasteiger partial charge in [0.15, 0.2) is 5.78 Å². The summed E-state index contributed by atoms with van der Waals surface area (Å²) < 4.78 is 65.0. The molecule has 1 saturated carbocycles. The molecule has 1 unspecified atom stereocenters. The molecule has 7 nitrogen and oxygen atoms in total. The first-order chi connectivity index (χ1) is 19.7. The molecule has 1 aliphatic carbocycles. The van der Waals surface area contributed by atoms with Gasteiger partial charge in [-0.25, -0.2) is 4.39 Å². The lowest BCUT2D eigenvalue weighted by atomic mass is 9.92. The monoisotopic (exact) mass is 574 g/mol. The van der Waals surface area contributed by atoms with Gasteiger partial charge in [0, 0.05) is 56.4 Å². The summed E-state index contributed by atoms with van der Waals surface area (Å²) in [5, 5.41) is 12.1. The second-order valence-corrected chi connectivity index (χ2v) is 11.1. The second kappa shape index (κ2) is 12.8. The number of anilines is 1. The molecule has 0 bridgehead atoms. The smallest absolute Gasteiger partial charge is 0.417 e. The van der Waals surface area contributed by atoms with E-state index in [-0.39, 0.29) is 36.5 Å². The van der Waals surface area contributed by atoms with Crippen LogP contribution in [0.3, 0.4) is 0 Å². The van der Waals surface area contributed by atoms with Crippen LogP contribution in [0.4, 0.5) is 23.2 Å². The number of hydrogen-bond donors (Lipinski definition) is 1. The van der Waals surface area contributed by atoms with Crippen molar-refractivity contribution >= 4 is 11.5 Å². The first kappa shape index (κ1) is 29.3. The minimum atomic E-state index is -4.59. The van der Waals surface area contributed by atoms with Gasteiger partial charge in [-0.1, -0.05) is 0 Å². The number of fused-ring (bicyclic) bond motifs is 1. The molecule has 41 heavy (non-hydrogen) atoms. The van der Waals surface area contributed by atoms with Crippen LogP contribution in [0, 0.1) is 17.1 Å². The zero-order chi connectivity index (χ0) is 29.0. The number of nitrogens with one attached hydrogen (secondary N) is 1. The van der Waals surface area contributed by atoms with Crippen LogP contribution in [0.1, 0.15) is 42.4 Å². The molecule has 5 rings (SSSR count). The quantitative estimate of drug-likeness (QED) is 0.437. The Bertz CT molecular complexity index is 1270. The number of halogens is 4. The van der Waals surface area contributed by atoms with Gasteiger partial charge in [0.05, 0.1) is 29.8 Å². The van der Waals surface area contributed by atoms with Crippen LogP contribution in [-0.2, 0) is 22.1 Å². The molecule has 0 radical (unpaired) electrons. The maximum Gasteiger partial charge on any atom is 0.417 e.